The molecule has 0 unspecified atom stereocenters. The van der Waals surface area contributed by atoms with Crippen LogP contribution in [-0.4, -0.2) is 6.71 Å². The third-order valence-electron chi connectivity index (χ3n) is 15.7. The maximum Gasteiger partial charge on any atom is 0.252 e. The van der Waals surface area contributed by atoms with Gasteiger partial charge in [0.15, 0.2) is 0 Å². The van der Waals surface area contributed by atoms with Gasteiger partial charge >= 0.3 is 0 Å². The minimum Gasteiger partial charge on any atom is -0.311 e. The Balaban J connectivity index is 1.23. The molecule has 0 N–H and O–H groups in total. The third kappa shape index (κ3) is 7.97. The van der Waals surface area contributed by atoms with Crippen molar-refractivity contribution in [2.24, 2.45) is 0 Å². The van der Waals surface area contributed by atoms with Crippen molar-refractivity contribution in [3.8, 4) is 0 Å². The summed E-state index contributed by atoms with van der Waals surface area (Å²) in [6.07, 6.45) is 0. The SMILES string of the molecule is Cc1ccc(N(c2ccc(C)cc2)c2cc3c4c(c2)N(c2ccc(C(C)(C)C)cc2)c2c(cc5c(sc6ccccc65)c2N(c2ccc(C)cc2)c2ccc(C)cc2)B4c2cc(C)ccc2N3c2ccc(C)cc2)cc1. The van der Waals surface area contributed by atoms with Crippen molar-refractivity contribution in [1.82, 2.24) is 0 Å². The highest BCUT2D eigenvalue weighted by Crippen LogP contribution is 2.55. The zero-order valence-corrected chi connectivity index (χ0v) is 45.7. The molecule has 0 bridgehead atoms. The number of hydrogen-bond acceptors (Lipinski definition) is 5. The summed E-state index contributed by atoms with van der Waals surface area (Å²) in [7, 11) is 0. The lowest BCUT2D eigenvalue weighted by Gasteiger charge is -2.46. The van der Waals surface area contributed by atoms with Crippen LogP contribution in [0, 0.1) is 41.5 Å². The third-order valence-corrected chi connectivity index (χ3v) is 16.9. The molecule has 0 spiro atoms. The van der Waals surface area contributed by atoms with Crippen LogP contribution >= 0.6 is 11.3 Å². The van der Waals surface area contributed by atoms with Crippen molar-refractivity contribution in [2.45, 2.75) is 67.7 Å². The minimum absolute atomic E-state index is 0.0384. The number of aryl methyl sites for hydroxylation is 6. The average molecular weight is 1000 g/mol. The first-order valence-corrected chi connectivity index (χ1v) is 27.5. The molecule has 0 radical (unpaired) electrons. The van der Waals surface area contributed by atoms with Gasteiger partial charge in [-0.05, 0) is 166 Å². The predicted octanol–water partition coefficient (Wildman–Crippen LogP) is 18.2. The van der Waals surface area contributed by atoms with E-state index in [0.29, 0.717) is 0 Å². The summed E-state index contributed by atoms with van der Waals surface area (Å²) in [5.74, 6) is 0. The zero-order valence-electron chi connectivity index (χ0n) is 44.9. The number of fused-ring (bicyclic) bond motifs is 7. The average Bonchev–Trinajstić information content (AvgIpc) is 3.97. The topological polar surface area (TPSA) is 13.0 Å². The van der Waals surface area contributed by atoms with Crippen molar-refractivity contribution in [3.63, 3.8) is 0 Å². The number of hydrogen-bond donors (Lipinski definition) is 0. The number of nitrogens with zero attached hydrogens (tertiary/aromatic N) is 4. The Morgan fingerprint density at radius 3 is 1.39 bits per heavy atom. The second kappa shape index (κ2) is 18.2. The van der Waals surface area contributed by atoms with Crippen LogP contribution in [0.3, 0.4) is 0 Å². The van der Waals surface area contributed by atoms with E-state index in [1.54, 1.807) is 0 Å². The lowest BCUT2D eigenvalue weighted by molar-refractivity contribution is 0.590. The molecule has 76 heavy (non-hydrogen) atoms. The maximum atomic E-state index is 2.64. The second-order valence-electron chi connectivity index (χ2n) is 22.3. The van der Waals surface area contributed by atoms with Crippen LogP contribution in [0.1, 0.15) is 59.7 Å². The van der Waals surface area contributed by atoms with E-state index >= 15 is 0 Å². The molecule has 4 nitrogen and oxygen atoms in total. The largest absolute Gasteiger partial charge is 0.311 e. The van der Waals surface area contributed by atoms with Gasteiger partial charge in [-0.25, -0.2) is 0 Å². The Morgan fingerprint density at radius 1 is 0.395 bits per heavy atom. The van der Waals surface area contributed by atoms with Crippen molar-refractivity contribution in [1.29, 1.82) is 0 Å². The molecule has 0 fully saturated rings. The van der Waals surface area contributed by atoms with Crippen LogP contribution in [0.25, 0.3) is 20.2 Å². The highest BCUT2D eigenvalue weighted by Gasteiger charge is 2.46. The molecule has 0 aliphatic carbocycles. The van der Waals surface area contributed by atoms with Crippen molar-refractivity contribution in [2.75, 3.05) is 19.6 Å². The molecule has 2 aliphatic rings. The second-order valence-corrected chi connectivity index (χ2v) is 23.4. The Bertz CT molecular complexity index is 3930. The number of benzene rings is 10. The molecule has 0 atom stereocenters. The highest BCUT2D eigenvalue weighted by molar-refractivity contribution is 7.26. The molecular weight excluding hydrogens is 940 g/mol. The Hall–Kier alpha value is -8.32. The molecule has 2 aliphatic heterocycles. The van der Waals surface area contributed by atoms with E-state index in [4.69, 9.17) is 0 Å². The summed E-state index contributed by atoms with van der Waals surface area (Å²) in [4.78, 5) is 10.2. The molecule has 6 heteroatoms. The Morgan fingerprint density at radius 2 is 0.855 bits per heavy atom. The van der Waals surface area contributed by atoms with Crippen LogP contribution < -0.4 is 36.0 Å². The van der Waals surface area contributed by atoms with Crippen LogP contribution in [0.15, 0.2) is 206 Å². The highest BCUT2D eigenvalue weighted by atomic mass is 32.1. The molecule has 10 aromatic carbocycles. The lowest BCUT2D eigenvalue weighted by atomic mass is 9.33. The molecule has 0 saturated carbocycles. The summed E-state index contributed by atoms with van der Waals surface area (Å²) in [5.41, 5.74) is 26.0. The minimum atomic E-state index is -0.136. The molecular formula is C70H61BN4S. The predicted molar refractivity (Wildman–Crippen MR) is 330 cm³/mol. The monoisotopic (exact) mass is 1000 g/mol. The van der Waals surface area contributed by atoms with E-state index < -0.39 is 0 Å². The normalized spacial score (nSPS) is 12.7. The molecule has 11 aromatic rings. The first kappa shape index (κ1) is 47.4. The van der Waals surface area contributed by atoms with Crippen molar-refractivity contribution < 1.29 is 0 Å². The van der Waals surface area contributed by atoms with Crippen molar-refractivity contribution in [3.05, 3.63) is 245 Å². The van der Waals surface area contributed by atoms with Gasteiger partial charge in [0.2, 0.25) is 0 Å². The summed E-state index contributed by atoms with van der Waals surface area (Å²) in [5, 5.41) is 2.54. The smallest absolute Gasteiger partial charge is 0.252 e. The molecule has 1 aromatic heterocycles. The van der Waals surface area contributed by atoms with E-state index in [1.807, 2.05) is 11.3 Å². The van der Waals surface area contributed by atoms with Gasteiger partial charge in [-0.3, -0.25) is 0 Å². The van der Waals surface area contributed by atoms with Gasteiger partial charge in [-0.2, -0.15) is 0 Å². The molecule has 370 valence electrons. The number of anilines is 12. The van der Waals surface area contributed by atoms with E-state index in [1.165, 1.54) is 92.6 Å². The van der Waals surface area contributed by atoms with Gasteiger partial charge in [0.05, 0.1) is 21.8 Å². The van der Waals surface area contributed by atoms with E-state index in [9.17, 15) is 0 Å². The maximum absolute atomic E-state index is 2.64. The summed E-state index contributed by atoms with van der Waals surface area (Å²) < 4.78 is 2.52. The van der Waals surface area contributed by atoms with Gasteiger partial charge in [-0.1, -0.05) is 163 Å². The fourth-order valence-corrected chi connectivity index (χ4v) is 13.0. The Kier molecular flexibility index (Phi) is 11.4. The van der Waals surface area contributed by atoms with Gasteiger partial charge in [0, 0.05) is 66.7 Å². The van der Waals surface area contributed by atoms with Crippen LogP contribution in [-0.2, 0) is 5.41 Å². The fraction of sp³-hybridized carbons (Fsp3) is 0.143. The lowest BCUT2D eigenvalue weighted by Crippen LogP contribution is -2.61. The summed E-state index contributed by atoms with van der Waals surface area (Å²) in [6, 6.07) is 78.6. The number of thiophene rings is 1. The standard InChI is InChI=1S/C70H61BN4S/c1-44-14-27-51(28-15-44)72(52-29-16-45(2)17-30-52)57-41-63-66-64(42-57)75(56-37-25-50(26-38-56)70(7,8)9)67-61(71(66)60-40-49(6)24-39-62(60)74(63)55-35-22-48(5)23-36-55)43-59-58-12-10-11-13-65(58)76-69(59)68(67)73(53-31-18-46(3)19-32-53)54-33-20-47(4)21-34-54/h10-43H,1-9H3. The molecule has 0 saturated heterocycles. The molecule has 13 rings (SSSR count). The van der Waals surface area contributed by atoms with Crippen molar-refractivity contribution >= 4 is 123 Å². The molecule has 0 amide bonds. The Labute approximate surface area is 452 Å². The van der Waals surface area contributed by atoms with Crippen LogP contribution in [0.2, 0.25) is 0 Å². The van der Waals surface area contributed by atoms with E-state index in [0.717, 1.165) is 51.2 Å². The fourth-order valence-electron chi connectivity index (χ4n) is 11.7. The first-order chi connectivity index (χ1) is 36.8. The van der Waals surface area contributed by atoms with Gasteiger partial charge in [0.25, 0.3) is 6.71 Å². The van der Waals surface area contributed by atoms with Gasteiger partial charge in [0.1, 0.15) is 0 Å². The van der Waals surface area contributed by atoms with Crippen LogP contribution in [0.4, 0.5) is 68.2 Å². The van der Waals surface area contributed by atoms with E-state index in [2.05, 4.69) is 288 Å². The quantitative estimate of drug-likeness (QED) is 0.141. The summed E-state index contributed by atoms with van der Waals surface area (Å²) in [6.45, 7) is 19.9. The molecule has 3 heterocycles. The zero-order chi connectivity index (χ0) is 52.1. The summed E-state index contributed by atoms with van der Waals surface area (Å²) >= 11 is 1.90. The van der Waals surface area contributed by atoms with E-state index in [-0.39, 0.29) is 12.1 Å². The van der Waals surface area contributed by atoms with Gasteiger partial charge in [-0.15, -0.1) is 11.3 Å². The van der Waals surface area contributed by atoms with Crippen LogP contribution in [0.5, 0.6) is 0 Å². The first-order valence-electron chi connectivity index (χ1n) is 26.7. The number of rotatable bonds is 8. The van der Waals surface area contributed by atoms with Gasteiger partial charge < -0.3 is 19.6 Å².